The van der Waals surface area contributed by atoms with Gasteiger partial charge >= 0.3 is 0 Å². The van der Waals surface area contributed by atoms with Crippen LogP contribution in [-0.4, -0.2) is 14.2 Å². The quantitative estimate of drug-likeness (QED) is 0.783. The summed E-state index contributed by atoms with van der Waals surface area (Å²) in [4.78, 5) is 0. The highest BCUT2D eigenvalue weighted by Gasteiger charge is 2.14. The zero-order chi connectivity index (χ0) is 13.8. The highest BCUT2D eigenvalue weighted by Crippen LogP contribution is 2.32. The summed E-state index contributed by atoms with van der Waals surface area (Å²) in [5, 5.41) is -0.435. The molecule has 2 aromatic carbocycles. The molecule has 19 heavy (non-hydrogen) atoms. The number of hydrogen-bond donors (Lipinski definition) is 0. The molecule has 2 nitrogen and oxygen atoms in total. The third kappa shape index (κ3) is 2.99. The SMILES string of the molecule is COc1cccc(C(Cl)c2ccc(OC)c(F)c2)c1. The molecule has 0 amide bonds. The molecule has 0 heterocycles. The van der Waals surface area contributed by atoms with Crippen molar-refractivity contribution in [2.45, 2.75) is 5.38 Å². The maximum Gasteiger partial charge on any atom is 0.165 e. The van der Waals surface area contributed by atoms with Crippen LogP contribution in [0.4, 0.5) is 4.39 Å². The van der Waals surface area contributed by atoms with Gasteiger partial charge in [-0.2, -0.15) is 0 Å². The van der Waals surface area contributed by atoms with Crippen LogP contribution in [0, 0.1) is 5.82 Å². The van der Waals surface area contributed by atoms with Crippen LogP contribution in [0.15, 0.2) is 42.5 Å². The van der Waals surface area contributed by atoms with Crippen LogP contribution >= 0.6 is 11.6 Å². The van der Waals surface area contributed by atoms with E-state index in [-0.39, 0.29) is 5.75 Å². The average Bonchev–Trinajstić information content (AvgIpc) is 2.46. The van der Waals surface area contributed by atoms with Crippen LogP contribution in [0.3, 0.4) is 0 Å². The monoisotopic (exact) mass is 280 g/mol. The van der Waals surface area contributed by atoms with E-state index in [9.17, 15) is 4.39 Å². The fourth-order valence-electron chi connectivity index (χ4n) is 1.83. The van der Waals surface area contributed by atoms with E-state index in [1.807, 2.05) is 24.3 Å². The Labute approximate surface area is 116 Å². The van der Waals surface area contributed by atoms with E-state index in [2.05, 4.69) is 0 Å². The molecule has 0 aliphatic heterocycles. The van der Waals surface area contributed by atoms with E-state index >= 15 is 0 Å². The number of benzene rings is 2. The fraction of sp³-hybridized carbons (Fsp3) is 0.200. The first-order valence-electron chi connectivity index (χ1n) is 5.77. The molecule has 100 valence electrons. The van der Waals surface area contributed by atoms with Gasteiger partial charge in [-0.25, -0.2) is 4.39 Å². The Kier molecular flexibility index (Phi) is 4.27. The second-order valence-electron chi connectivity index (χ2n) is 4.03. The van der Waals surface area contributed by atoms with Crippen molar-refractivity contribution in [2.24, 2.45) is 0 Å². The molecule has 0 spiro atoms. The van der Waals surface area contributed by atoms with Crippen molar-refractivity contribution < 1.29 is 13.9 Å². The van der Waals surface area contributed by atoms with E-state index in [0.29, 0.717) is 5.56 Å². The van der Waals surface area contributed by atoms with Crippen molar-refractivity contribution in [3.05, 3.63) is 59.4 Å². The Morgan fingerprint density at radius 1 is 1.00 bits per heavy atom. The summed E-state index contributed by atoms with van der Waals surface area (Å²) in [6.07, 6.45) is 0. The lowest BCUT2D eigenvalue weighted by Gasteiger charge is -2.12. The summed E-state index contributed by atoms with van der Waals surface area (Å²) in [5.41, 5.74) is 1.53. The number of rotatable bonds is 4. The van der Waals surface area contributed by atoms with Gasteiger partial charge in [-0.3, -0.25) is 0 Å². The summed E-state index contributed by atoms with van der Waals surface area (Å²) in [6.45, 7) is 0. The Morgan fingerprint density at radius 2 is 1.74 bits per heavy atom. The van der Waals surface area contributed by atoms with Crippen molar-refractivity contribution in [1.29, 1.82) is 0 Å². The smallest absolute Gasteiger partial charge is 0.165 e. The molecule has 0 saturated carbocycles. The van der Waals surface area contributed by atoms with Crippen molar-refractivity contribution >= 4 is 11.6 Å². The Balaban J connectivity index is 2.32. The van der Waals surface area contributed by atoms with E-state index in [1.54, 1.807) is 19.2 Å². The normalized spacial score (nSPS) is 12.0. The lowest BCUT2D eigenvalue weighted by molar-refractivity contribution is 0.386. The molecule has 0 bridgehead atoms. The van der Waals surface area contributed by atoms with Crippen LogP contribution in [0.25, 0.3) is 0 Å². The predicted octanol–water partition coefficient (Wildman–Crippen LogP) is 4.17. The third-order valence-corrected chi connectivity index (χ3v) is 3.36. The van der Waals surface area contributed by atoms with E-state index in [4.69, 9.17) is 21.1 Å². The van der Waals surface area contributed by atoms with Crippen LogP contribution in [0.2, 0.25) is 0 Å². The van der Waals surface area contributed by atoms with Gasteiger partial charge in [0.2, 0.25) is 0 Å². The second-order valence-corrected chi connectivity index (χ2v) is 4.47. The lowest BCUT2D eigenvalue weighted by atomic mass is 10.0. The molecule has 1 atom stereocenters. The minimum atomic E-state index is -0.435. The number of halogens is 2. The van der Waals surface area contributed by atoms with Gasteiger partial charge in [0.25, 0.3) is 0 Å². The van der Waals surface area contributed by atoms with Crippen LogP contribution in [-0.2, 0) is 0 Å². The summed E-state index contributed by atoms with van der Waals surface area (Å²) in [6, 6.07) is 12.1. The molecule has 0 aromatic heterocycles. The largest absolute Gasteiger partial charge is 0.497 e. The first-order chi connectivity index (χ1) is 9.15. The maximum absolute atomic E-state index is 13.7. The molecule has 1 unspecified atom stereocenters. The summed E-state index contributed by atoms with van der Waals surface area (Å²) >= 11 is 6.37. The number of hydrogen-bond acceptors (Lipinski definition) is 2. The summed E-state index contributed by atoms with van der Waals surface area (Å²) in [5.74, 6) is 0.504. The van der Waals surface area contributed by atoms with Crippen LogP contribution < -0.4 is 9.47 Å². The lowest BCUT2D eigenvalue weighted by Crippen LogP contribution is -1.96. The minimum absolute atomic E-state index is 0.207. The Morgan fingerprint density at radius 3 is 2.37 bits per heavy atom. The maximum atomic E-state index is 13.7. The summed E-state index contributed by atoms with van der Waals surface area (Å²) < 4.78 is 23.7. The molecule has 0 fully saturated rings. The predicted molar refractivity (Wildman–Crippen MR) is 73.6 cm³/mol. The zero-order valence-corrected chi connectivity index (χ0v) is 11.4. The first-order valence-corrected chi connectivity index (χ1v) is 6.21. The van der Waals surface area contributed by atoms with Gasteiger partial charge in [0.1, 0.15) is 5.75 Å². The standard InChI is InChI=1S/C15H14ClFO2/c1-18-12-5-3-4-10(8-12)15(16)11-6-7-14(19-2)13(17)9-11/h3-9,15H,1-2H3. The van der Waals surface area contributed by atoms with E-state index in [1.165, 1.54) is 13.2 Å². The molecule has 0 saturated heterocycles. The van der Waals surface area contributed by atoms with Gasteiger partial charge in [0.05, 0.1) is 19.6 Å². The van der Waals surface area contributed by atoms with Gasteiger partial charge in [0, 0.05) is 0 Å². The molecule has 0 aliphatic carbocycles. The van der Waals surface area contributed by atoms with Crippen molar-refractivity contribution in [2.75, 3.05) is 14.2 Å². The van der Waals surface area contributed by atoms with Crippen molar-refractivity contribution in [1.82, 2.24) is 0 Å². The Hall–Kier alpha value is -1.74. The van der Waals surface area contributed by atoms with Gasteiger partial charge in [-0.1, -0.05) is 18.2 Å². The molecular formula is C15H14ClFO2. The van der Waals surface area contributed by atoms with Crippen LogP contribution in [0.1, 0.15) is 16.5 Å². The Bertz CT molecular complexity index is 572. The summed E-state index contributed by atoms with van der Waals surface area (Å²) in [7, 11) is 3.02. The molecular weight excluding hydrogens is 267 g/mol. The van der Waals surface area contributed by atoms with Gasteiger partial charge in [0.15, 0.2) is 11.6 Å². The number of ether oxygens (including phenoxy) is 2. The third-order valence-electron chi connectivity index (χ3n) is 2.85. The minimum Gasteiger partial charge on any atom is -0.497 e. The molecule has 4 heteroatoms. The molecule has 0 N–H and O–H groups in total. The van der Waals surface area contributed by atoms with Gasteiger partial charge in [-0.15, -0.1) is 11.6 Å². The van der Waals surface area contributed by atoms with Crippen LogP contribution in [0.5, 0.6) is 11.5 Å². The van der Waals surface area contributed by atoms with Gasteiger partial charge in [-0.05, 0) is 35.4 Å². The first kappa shape index (κ1) is 13.7. The number of alkyl halides is 1. The van der Waals surface area contributed by atoms with E-state index in [0.717, 1.165) is 11.3 Å². The molecule has 0 radical (unpaired) electrons. The topological polar surface area (TPSA) is 18.5 Å². The fourth-order valence-corrected chi connectivity index (χ4v) is 2.10. The molecule has 2 aromatic rings. The highest BCUT2D eigenvalue weighted by molar-refractivity contribution is 6.22. The highest BCUT2D eigenvalue weighted by atomic mass is 35.5. The van der Waals surface area contributed by atoms with Crippen molar-refractivity contribution in [3.8, 4) is 11.5 Å². The average molecular weight is 281 g/mol. The second kappa shape index (κ2) is 5.93. The molecule has 0 aliphatic rings. The van der Waals surface area contributed by atoms with E-state index < -0.39 is 11.2 Å². The number of methoxy groups -OCH3 is 2. The van der Waals surface area contributed by atoms with Gasteiger partial charge < -0.3 is 9.47 Å². The van der Waals surface area contributed by atoms with Crippen molar-refractivity contribution in [3.63, 3.8) is 0 Å². The molecule has 2 rings (SSSR count). The zero-order valence-electron chi connectivity index (χ0n) is 10.7.